The van der Waals surface area contributed by atoms with Gasteiger partial charge in [0.05, 0.1) is 6.61 Å². The molecule has 0 aromatic heterocycles. The van der Waals surface area contributed by atoms with E-state index in [1.165, 1.54) is 4.31 Å². The van der Waals surface area contributed by atoms with Crippen molar-refractivity contribution in [1.82, 2.24) is 9.03 Å². The fraction of sp³-hybridized carbons (Fsp3) is 1.00. The quantitative estimate of drug-likeness (QED) is 0.682. The van der Waals surface area contributed by atoms with E-state index in [1.807, 2.05) is 6.92 Å². The number of hydrogen-bond donors (Lipinski definition) is 2. The summed E-state index contributed by atoms with van der Waals surface area (Å²) < 4.78 is 33.5. The third kappa shape index (κ3) is 4.47. The minimum atomic E-state index is -3.39. The lowest BCUT2D eigenvalue weighted by atomic mass is 9.99. The molecule has 0 aromatic carbocycles. The Hall–Kier alpha value is -0.210. The predicted octanol–water partition coefficient (Wildman–Crippen LogP) is -0.0835. The maximum atomic E-state index is 12.2. The number of piperidine rings is 1. The number of nitrogens with one attached hydrogen (secondary N) is 1. The normalized spacial score (nSPS) is 21.1. The van der Waals surface area contributed by atoms with Crippen molar-refractivity contribution in [1.29, 1.82) is 0 Å². The van der Waals surface area contributed by atoms with Crippen LogP contribution in [0.2, 0.25) is 0 Å². The monoisotopic (exact) mass is 279 g/mol. The zero-order valence-corrected chi connectivity index (χ0v) is 12.1. The Labute approximate surface area is 110 Å². The smallest absolute Gasteiger partial charge is 0.279 e. The van der Waals surface area contributed by atoms with Gasteiger partial charge in [-0.3, -0.25) is 0 Å². The minimum Gasteiger partial charge on any atom is -0.383 e. The highest BCUT2D eigenvalue weighted by molar-refractivity contribution is 7.87. The number of nitrogens with zero attached hydrogens (tertiary/aromatic N) is 1. The maximum absolute atomic E-state index is 12.2. The molecule has 1 aliphatic heterocycles. The lowest BCUT2D eigenvalue weighted by Gasteiger charge is -2.31. The number of nitrogens with two attached hydrogens (primary N) is 1. The molecule has 0 bridgehead atoms. The summed E-state index contributed by atoms with van der Waals surface area (Å²) in [6.07, 6.45) is 2.41. The Bertz CT molecular complexity index is 326. The van der Waals surface area contributed by atoms with E-state index in [-0.39, 0.29) is 6.04 Å². The molecule has 3 N–H and O–H groups in total. The number of ether oxygens (including phenoxy) is 1. The minimum absolute atomic E-state index is 0.160. The molecule has 0 radical (unpaired) electrons. The van der Waals surface area contributed by atoms with E-state index >= 15 is 0 Å². The van der Waals surface area contributed by atoms with Gasteiger partial charge in [-0.2, -0.15) is 17.4 Å². The molecule has 1 rings (SSSR count). The van der Waals surface area contributed by atoms with Crippen LogP contribution in [0.3, 0.4) is 0 Å². The largest absolute Gasteiger partial charge is 0.383 e. The van der Waals surface area contributed by atoms with E-state index < -0.39 is 10.2 Å². The van der Waals surface area contributed by atoms with Gasteiger partial charge >= 0.3 is 0 Å². The number of methoxy groups -OCH3 is 1. The van der Waals surface area contributed by atoms with Crippen LogP contribution >= 0.6 is 0 Å². The van der Waals surface area contributed by atoms with Gasteiger partial charge in [0.15, 0.2) is 0 Å². The predicted molar refractivity (Wildman–Crippen MR) is 71.4 cm³/mol. The van der Waals surface area contributed by atoms with Crippen molar-refractivity contribution < 1.29 is 13.2 Å². The van der Waals surface area contributed by atoms with Gasteiger partial charge in [-0.25, -0.2) is 0 Å². The standard InChI is InChI=1S/C11H25N3O3S/c1-3-11(9-17-2)13-18(15,16)14-6-4-10(8-12)5-7-14/h10-11,13H,3-9,12H2,1-2H3. The lowest BCUT2D eigenvalue weighted by Crippen LogP contribution is -2.49. The van der Waals surface area contributed by atoms with Crippen molar-refractivity contribution in [3.63, 3.8) is 0 Å². The fourth-order valence-corrected chi connectivity index (χ4v) is 3.60. The van der Waals surface area contributed by atoms with Crippen LogP contribution in [-0.2, 0) is 14.9 Å². The fourth-order valence-electron chi connectivity index (χ4n) is 2.11. The third-order valence-electron chi connectivity index (χ3n) is 3.42. The Morgan fingerprint density at radius 2 is 2.06 bits per heavy atom. The van der Waals surface area contributed by atoms with Gasteiger partial charge in [0.2, 0.25) is 0 Å². The van der Waals surface area contributed by atoms with Gasteiger partial charge in [-0.05, 0) is 31.7 Å². The van der Waals surface area contributed by atoms with Gasteiger partial charge in [-0.15, -0.1) is 0 Å². The van der Waals surface area contributed by atoms with Crippen LogP contribution in [0, 0.1) is 5.92 Å². The van der Waals surface area contributed by atoms with Crippen LogP contribution in [0.5, 0.6) is 0 Å². The van der Waals surface area contributed by atoms with E-state index in [4.69, 9.17) is 10.5 Å². The first-order valence-electron chi connectivity index (χ1n) is 6.49. The topological polar surface area (TPSA) is 84.7 Å². The van der Waals surface area contributed by atoms with Gasteiger partial charge < -0.3 is 10.5 Å². The Balaban J connectivity index is 2.53. The van der Waals surface area contributed by atoms with Crippen LogP contribution in [0.25, 0.3) is 0 Å². The highest BCUT2D eigenvalue weighted by atomic mass is 32.2. The first kappa shape index (κ1) is 15.8. The number of rotatable bonds is 7. The van der Waals surface area contributed by atoms with Gasteiger partial charge in [0.25, 0.3) is 10.2 Å². The zero-order valence-electron chi connectivity index (χ0n) is 11.3. The lowest BCUT2D eigenvalue weighted by molar-refractivity contribution is 0.171. The van der Waals surface area contributed by atoms with Crippen LogP contribution in [0.4, 0.5) is 0 Å². The third-order valence-corrected chi connectivity index (χ3v) is 5.10. The van der Waals surface area contributed by atoms with Crippen LogP contribution in [0.15, 0.2) is 0 Å². The molecule has 0 spiro atoms. The first-order valence-corrected chi connectivity index (χ1v) is 7.93. The second-order valence-electron chi connectivity index (χ2n) is 4.76. The molecule has 0 saturated carbocycles. The average molecular weight is 279 g/mol. The van der Waals surface area contributed by atoms with Crippen molar-refractivity contribution in [2.24, 2.45) is 11.7 Å². The average Bonchev–Trinajstić information content (AvgIpc) is 2.38. The highest BCUT2D eigenvalue weighted by Crippen LogP contribution is 2.18. The summed E-state index contributed by atoms with van der Waals surface area (Å²) in [5, 5.41) is 0. The van der Waals surface area contributed by atoms with Crippen LogP contribution in [0.1, 0.15) is 26.2 Å². The molecule has 18 heavy (non-hydrogen) atoms. The van der Waals surface area contributed by atoms with Gasteiger partial charge in [-0.1, -0.05) is 6.92 Å². The maximum Gasteiger partial charge on any atom is 0.279 e. The first-order chi connectivity index (χ1) is 8.53. The Morgan fingerprint density at radius 3 is 2.50 bits per heavy atom. The molecule has 0 amide bonds. The Morgan fingerprint density at radius 1 is 1.44 bits per heavy atom. The molecule has 0 aromatic rings. The molecule has 1 unspecified atom stereocenters. The molecule has 1 saturated heterocycles. The molecule has 108 valence electrons. The van der Waals surface area contributed by atoms with Gasteiger partial charge in [0, 0.05) is 26.2 Å². The van der Waals surface area contributed by atoms with E-state index in [9.17, 15) is 8.42 Å². The van der Waals surface area contributed by atoms with E-state index in [0.717, 1.165) is 12.8 Å². The van der Waals surface area contributed by atoms with E-state index in [0.29, 0.717) is 38.6 Å². The Kier molecular flexibility index (Phi) is 6.51. The van der Waals surface area contributed by atoms with Crippen molar-refractivity contribution in [2.75, 3.05) is 33.4 Å². The second kappa shape index (κ2) is 7.40. The summed E-state index contributed by atoms with van der Waals surface area (Å²) in [4.78, 5) is 0. The highest BCUT2D eigenvalue weighted by Gasteiger charge is 2.28. The van der Waals surface area contributed by atoms with Crippen molar-refractivity contribution in [3.8, 4) is 0 Å². The molecular weight excluding hydrogens is 254 g/mol. The van der Waals surface area contributed by atoms with E-state index in [2.05, 4.69) is 4.72 Å². The summed E-state index contributed by atoms with van der Waals surface area (Å²) in [5.74, 6) is 0.456. The summed E-state index contributed by atoms with van der Waals surface area (Å²) in [5.41, 5.74) is 5.60. The summed E-state index contributed by atoms with van der Waals surface area (Å²) in [6, 6.07) is -0.160. The number of hydrogen-bond acceptors (Lipinski definition) is 4. The summed E-state index contributed by atoms with van der Waals surface area (Å²) in [6.45, 7) is 4.09. The molecule has 1 fully saturated rings. The molecule has 0 aliphatic carbocycles. The second-order valence-corrected chi connectivity index (χ2v) is 6.46. The summed E-state index contributed by atoms with van der Waals surface area (Å²) >= 11 is 0. The van der Waals surface area contributed by atoms with E-state index in [1.54, 1.807) is 7.11 Å². The SMILES string of the molecule is CCC(COC)NS(=O)(=O)N1CCC(CN)CC1. The van der Waals surface area contributed by atoms with Crippen molar-refractivity contribution in [3.05, 3.63) is 0 Å². The molecule has 1 heterocycles. The van der Waals surface area contributed by atoms with Crippen LogP contribution < -0.4 is 10.5 Å². The zero-order chi connectivity index (χ0) is 13.6. The molecular formula is C11H25N3O3S. The van der Waals surface area contributed by atoms with Crippen molar-refractivity contribution >= 4 is 10.2 Å². The van der Waals surface area contributed by atoms with Crippen molar-refractivity contribution in [2.45, 2.75) is 32.2 Å². The molecule has 7 heteroatoms. The van der Waals surface area contributed by atoms with Crippen LogP contribution in [-0.4, -0.2) is 52.1 Å². The summed E-state index contributed by atoms with van der Waals surface area (Å²) in [7, 11) is -1.81. The molecule has 6 nitrogen and oxygen atoms in total. The molecule has 1 aliphatic rings. The molecule has 1 atom stereocenters. The van der Waals surface area contributed by atoms with Gasteiger partial charge in [0.1, 0.15) is 0 Å².